The first-order valence-electron chi connectivity index (χ1n) is 9.79. The minimum absolute atomic E-state index is 0.0441. The Balaban J connectivity index is 1.42. The fourth-order valence-corrected chi connectivity index (χ4v) is 4.03. The van der Waals surface area contributed by atoms with Crippen molar-refractivity contribution < 1.29 is 14.3 Å². The summed E-state index contributed by atoms with van der Waals surface area (Å²) in [5, 5.41) is 2.98. The number of aryl methyl sites for hydroxylation is 1. The molecule has 2 aliphatic heterocycles. The van der Waals surface area contributed by atoms with Gasteiger partial charge in [0.1, 0.15) is 17.9 Å². The van der Waals surface area contributed by atoms with E-state index in [9.17, 15) is 9.59 Å². The van der Waals surface area contributed by atoms with Gasteiger partial charge in [-0.3, -0.25) is 14.6 Å². The molecule has 1 aromatic carbocycles. The average Bonchev–Trinajstić information content (AvgIpc) is 3.33. The SMILES string of the molecule is CC(=O)N1CCC[C@H]1C(=O)NCC1Cc2cccc(-c3ccc(C)cn3)c2O1. The van der Waals surface area contributed by atoms with E-state index in [4.69, 9.17) is 4.74 Å². The Morgan fingerprint density at radius 1 is 1.29 bits per heavy atom. The van der Waals surface area contributed by atoms with Gasteiger partial charge in [0.05, 0.1) is 12.2 Å². The number of nitrogens with one attached hydrogen (secondary N) is 1. The molecule has 1 N–H and O–H groups in total. The number of carbonyl (C=O) groups excluding carboxylic acids is 2. The van der Waals surface area contributed by atoms with Crippen LogP contribution in [0.15, 0.2) is 36.5 Å². The van der Waals surface area contributed by atoms with Crippen molar-refractivity contribution in [1.29, 1.82) is 0 Å². The van der Waals surface area contributed by atoms with Crippen LogP contribution in [0.1, 0.15) is 30.9 Å². The summed E-state index contributed by atoms with van der Waals surface area (Å²) in [4.78, 5) is 30.4. The molecule has 2 atom stereocenters. The smallest absolute Gasteiger partial charge is 0.242 e. The minimum atomic E-state index is -0.353. The van der Waals surface area contributed by atoms with Crippen molar-refractivity contribution in [3.63, 3.8) is 0 Å². The summed E-state index contributed by atoms with van der Waals surface area (Å²) in [5.74, 6) is 0.717. The van der Waals surface area contributed by atoms with Gasteiger partial charge in [0.2, 0.25) is 11.8 Å². The molecule has 1 fully saturated rings. The van der Waals surface area contributed by atoms with Gasteiger partial charge in [0.15, 0.2) is 0 Å². The van der Waals surface area contributed by atoms with E-state index in [1.165, 1.54) is 6.92 Å². The van der Waals surface area contributed by atoms with Gasteiger partial charge in [-0.2, -0.15) is 0 Å². The summed E-state index contributed by atoms with van der Waals surface area (Å²) in [7, 11) is 0. The number of ether oxygens (including phenoxy) is 1. The van der Waals surface area contributed by atoms with Gasteiger partial charge in [0.25, 0.3) is 0 Å². The number of rotatable bonds is 4. The van der Waals surface area contributed by atoms with Gasteiger partial charge >= 0.3 is 0 Å². The fourth-order valence-electron chi connectivity index (χ4n) is 4.03. The molecule has 0 saturated carbocycles. The number of nitrogens with zero attached hydrogens (tertiary/aromatic N) is 2. The Hall–Kier alpha value is -2.89. The summed E-state index contributed by atoms with van der Waals surface area (Å²) >= 11 is 0. The third kappa shape index (κ3) is 3.59. The highest BCUT2D eigenvalue weighted by molar-refractivity contribution is 5.87. The first-order chi connectivity index (χ1) is 13.5. The van der Waals surface area contributed by atoms with Gasteiger partial charge in [-0.05, 0) is 43.0 Å². The molecule has 4 rings (SSSR count). The number of likely N-dealkylation sites (tertiary alicyclic amines) is 1. The van der Waals surface area contributed by atoms with Gasteiger partial charge < -0.3 is 15.0 Å². The second kappa shape index (κ2) is 7.62. The van der Waals surface area contributed by atoms with Crippen molar-refractivity contribution in [2.75, 3.05) is 13.1 Å². The fraction of sp³-hybridized carbons (Fsp3) is 0.409. The van der Waals surface area contributed by atoms with Crippen LogP contribution in [-0.4, -0.2) is 46.9 Å². The van der Waals surface area contributed by atoms with Crippen LogP contribution >= 0.6 is 0 Å². The van der Waals surface area contributed by atoms with Crippen LogP contribution in [0.5, 0.6) is 5.75 Å². The molecule has 0 radical (unpaired) electrons. The Morgan fingerprint density at radius 2 is 2.14 bits per heavy atom. The summed E-state index contributed by atoms with van der Waals surface area (Å²) in [6.45, 7) is 4.62. The maximum absolute atomic E-state index is 12.5. The Bertz CT molecular complexity index is 894. The summed E-state index contributed by atoms with van der Waals surface area (Å²) in [6, 6.07) is 9.78. The van der Waals surface area contributed by atoms with Gasteiger partial charge in [-0.25, -0.2) is 0 Å². The number of carbonyl (C=O) groups is 2. The van der Waals surface area contributed by atoms with Gasteiger partial charge in [-0.15, -0.1) is 0 Å². The molecule has 0 bridgehead atoms. The first kappa shape index (κ1) is 18.5. The predicted octanol–water partition coefficient (Wildman–Crippen LogP) is 2.49. The molecule has 1 unspecified atom stereocenters. The average molecular weight is 379 g/mol. The highest BCUT2D eigenvalue weighted by Crippen LogP contribution is 2.37. The van der Waals surface area contributed by atoms with Crippen molar-refractivity contribution in [2.24, 2.45) is 0 Å². The second-order valence-corrected chi connectivity index (χ2v) is 7.57. The lowest BCUT2D eigenvalue weighted by Gasteiger charge is -2.23. The monoisotopic (exact) mass is 379 g/mol. The third-order valence-corrected chi connectivity index (χ3v) is 5.48. The molecule has 6 heteroatoms. The molecule has 28 heavy (non-hydrogen) atoms. The van der Waals surface area contributed by atoms with Crippen molar-refractivity contribution in [3.8, 4) is 17.0 Å². The molecular formula is C22H25N3O3. The number of fused-ring (bicyclic) bond motifs is 1. The molecule has 0 spiro atoms. The molecule has 2 aromatic rings. The van der Waals surface area contributed by atoms with E-state index in [1.807, 2.05) is 37.4 Å². The van der Waals surface area contributed by atoms with E-state index < -0.39 is 0 Å². The zero-order valence-electron chi connectivity index (χ0n) is 16.3. The van der Waals surface area contributed by atoms with Crippen molar-refractivity contribution in [3.05, 3.63) is 47.7 Å². The van der Waals surface area contributed by atoms with Crippen molar-refractivity contribution >= 4 is 11.8 Å². The largest absolute Gasteiger partial charge is 0.487 e. The van der Waals surface area contributed by atoms with E-state index >= 15 is 0 Å². The van der Waals surface area contributed by atoms with Gasteiger partial charge in [-0.1, -0.05) is 18.2 Å². The molecule has 146 valence electrons. The van der Waals surface area contributed by atoms with E-state index in [2.05, 4.69) is 16.4 Å². The number of hydrogen-bond donors (Lipinski definition) is 1. The van der Waals surface area contributed by atoms with E-state index in [0.717, 1.165) is 47.4 Å². The standard InChI is InChI=1S/C22H25N3O3/c1-14-8-9-19(23-12-14)18-6-3-5-16-11-17(28-21(16)18)13-24-22(27)20-7-4-10-25(20)15(2)26/h3,5-6,8-9,12,17,20H,4,7,10-11,13H2,1-2H3,(H,24,27)/t17?,20-/m0/s1. The number of hydrogen-bond acceptors (Lipinski definition) is 4. The number of pyridine rings is 1. The van der Waals surface area contributed by atoms with E-state index in [-0.39, 0.29) is 24.0 Å². The Labute approximate surface area is 164 Å². The lowest BCUT2D eigenvalue weighted by atomic mass is 10.0. The first-order valence-corrected chi connectivity index (χ1v) is 9.79. The quantitative estimate of drug-likeness (QED) is 0.886. The van der Waals surface area contributed by atoms with Crippen LogP contribution in [-0.2, 0) is 16.0 Å². The van der Waals surface area contributed by atoms with Crippen LogP contribution in [0.25, 0.3) is 11.3 Å². The number of benzene rings is 1. The van der Waals surface area contributed by atoms with Crippen molar-refractivity contribution in [2.45, 2.75) is 45.3 Å². The van der Waals surface area contributed by atoms with Gasteiger partial charge in [0, 0.05) is 31.6 Å². The molecule has 6 nitrogen and oxygen atoms in total. The third-order valence-electron chi connectivity index (χ3n) is 5.48. The Morgan fingerprint density at radius 3 is 2.89 bits per heavy atom. The highest BCUT2D eigenvalue weighted by Gasteiger charge is 2.33. The number of aromatic nitrogens is 1. The minimum Gasteiger partial charge on any atom is -0.487 e. The molecule has 3 heterocycles. The van der Waals surface area contributed by atoms with Crippen LogP contribution in [0.3, 0.4) is 0 Å². The lowest BCUT2D eigenvalue weighted by molar-refractivity contribution is -0.137. The van der Waals surface area contributed by atoms with Crippen LogP contribution in [0.2, 0.25) is 0 Å². The lowest BCUT2D eigenvalue weighted by Crippen LogP contribution is -2.47. The summed E-state index contributed by atoms with van der Waals surface area (Å²) < 4.78 is 6.17. The van der Waals surface area contributed by atoms with Crippen LogP contribution in [0, 0.1) is 6.92 Å². The molecular weight excluding hydrogens is 354 g/mol. The predicted molar refractivity (Wildman–Crippen MR) is 106 cm³/mol. The normalized spacial score (nSPS) is 20.6. The zero-order valence-corrected chi connectivity index (χ0v) is 16.3. The summed E-state index contributed by atoms with van der Waals surface area (Å²) in [6.07, 6.45) is 4.08. The number of amides is 2. The molecule has 2 aliphatic rings. The molecule has 2 amide bonds. The molecule has 1 saturated heterocycles. The second-order valence-electron chi connectivity index (χ2n) is 7.57. The highest BCUT2D eigenvalue weighted by atomic mass is 16.5. The van der Waals surface area contributed by atoms with Crippen LogP contribution < -0.4 is 10.1 Å². The van der Waals surface area contributed by atoms with E-state index in [1.54, 1.807) is 4.90 Å². The summed E-state index contributed by atoms with van der Waals surface area (Å²) in [5.41, 5.74) is 4.11. The Kier molecular flexibility index (Phi) is 5.03. The van der Waals surface area contributed by atoms with Crippen molar-refractivity contribution in [1.82, 2.24) is 15.2 Å². The zero-order chi connectivity index (χ0) is 19.7. The molecule has 1 aromatic heterocycles. The molecule has 0 aliphatic carbocycles. The van der Waals surface area contributed by atoms with E-state index in [0.29, 0.717) is 13.1 Å². The van der Waals surface area contributed by atoms with Crippen LogP contribution in [0.4, 0.5) is 0 Å². The maximum atomic E-state index is 12.5. The maximum Gasteiger partial charge on any atom is 0.242 e. The topological polar surface area (TPSA) is 71.5 Å². The number of para-hydroxylation sites is 1.